The van der Waals surface area contributed by atoms with Gasteiger partial charge >= 0.3 is 0 Å². The zero-order chi connectivity index (χ0) is 13.3. The predicted molar refractivity (Wildman–Crippen MR) is 77.5 cm³/mol. The minimum absolute atomic E-state index is 0.698. The highest BCUT2D eigenvalue weighted by molar-refractivity contribution is 5.46. The van der Waals surface area contributed by atoms with Gasteiger partial charge in [-0.05, 0) is 42.8 Å². The van der Waals surface area contributed by atoms with Crippen molar-refractivity contribution in [3.63, 3.8) is 0 Å². The number of anilines is 1. The molecule has 0 saturated carbocycles. The Morgan fingerprint density at radius 3 is 2.63 bits per heavy atom. The average molecular weight is 259 g/mol. The minimum Gasteiger partial charge on any atom is -0.494 e. The zero-order valence-electron chi connectivity index (χ0n) is 11.4. The van der Waals surface area contributed by atoms with Crippen LogP contribution in [0.3, 0.4) is 0 Å². The Morgan fingerprint density at radius 2 is 1.95 bits per heavy atom. The lowest BCUT2D eigenvalue weighted by Crippen LogP contribution is -1.99. The van der Waals surface area contributed by atoms with E-state index in [0.29, 0.717) is 6.54 Å². The summed E-state index contributed by atoms with van der Waals surface area (Å²) in [5.74, 6) is 1.86. The number of unbranched alkanes of at least 4 members (excludes halogenated alkanes) is 2. The van der Waals surface area contributed by atoms with Crippen LogP contribution < -0.4 is 10.1 Å². The van der Waals surface area contributed by atoms with Crippen molar-refractivity contribution >= 4 is 5.69 Å². The van der Waals surface area contributed by atoms with Crippen LogP contribution in [0.4, 0.5) is 5.69 Å². The maximum Gasteiger partial charge on any atom is 0.122 e. The molecule has 2 aromatic rings. The molecule has 19 heavy (non-hydrogen) atoms. The summed E-state index contributed by atoms with van der Waals surface area (Å²) in [6, 6.07) is 11.9. The Morgan fingerprint density at radius 1 is 1.11 bits per heavy atom. The van der Waals surface area contributed by atoms with E-state index in [4.69, 9.17) is 9.15 Å². The first-order valence-electron chi connectivity index (χ1n) is 6.87. The molecular formula is C16H21NO2. The largest absolute Gasteiger partial charge is 0.494 e. The number of benzene rings is 1. The van der Waals surface area contributed by atoms with Crippen LogP contribution in [0.15, 0.2) is 47.1 Å². The van der Waals surface area contributed by atoms with Gasteiger partial charge in [-0.3, -0.25) is 0 Å². The molecule has 0 aliphatic carbocycles. The second-order valence-electron chi connectivity index (χ2n) is 4.51. The summed E-state index contributed by atoms with van der Waals surface area (Å²) in [6.07, 6.45) is 5.25. The van der Waals surface area contributed by atoms with Gasteiger partial charge in [-0.15, -0.1) is 0 Å². The first-order valence-corrected chi connectivity index (χ1v) is 6.87. The van der Waals surface area contributed by atoms with Crippen molar-refractivity contribution in [2.75, 3.05) is 11.9 Å². The molecule has 1 N–H and O–H groups in total. The summed E-state index contributed by atoms with van der Waals surface area (Å²) >= 11 is 0. The van der Waals surface area contributed by atoms with Gasteiger partial charge in [0.25, 0.3) is 0 Å². The fourth-order valence-corrected chi connectivity index (χ4v) is 1.81. The first kappa shape index (κ1) is 13.5. The van der Waals surface area contributed by atoms with Gasteiger partial charge in [-0.1, -0.05) is 19.8 Å². The van der Waals surface area contributed by atoms with Crippen molar-refractivity contribution in [3.8, 4) is 5.75 Å². The molecule has 102 valence electrons. The van der Waals surface area contributed by atoms with Gasteiger partial charge in [0.05, 0.1) is 19.4 Å². The van der Waals surface area contributed by atoms with Crippen LogP contribution in [0.2, 0.25) is 0 Å². The predicted octanol–water partition coefficient (Wildman–Crippen LogP) is 4.46. The number of nitrogens with one attached hydrogen (secondary N) is 1. The molecule has 1 aromatic carbocycles. The van der Waals surface area contributed by atoms with Crippen LogP contribution in [0.25, 0.3) is 0 Å². The number of furan rings is 1. The molecule has 0 aliphatic rings. The molecule has 0 aliphatic heterocycles. The fraction of sp³-hybridized carbons (Fsp3) is 0.375. The quantitative estimate of drug-likeness (QED) is 0.711. The summed E-state index contributed by atoms with van der Waals surface area (Å²) < 4.78 is 10.9. The summed E-state index contributed by atoms with van der Waals surface area (Å²) in [4.78, 5) is 0. The molecule has 0 fully saturated rings. The van der Waals surface area contributed by atoms with Crippen molar-refractivity contribution in [1.82, 2.24) is 0 Å². The molecule has 0 atom stereocenters. The highest BCUT2D eigenvalue weighted by Crippen LogP contribution is 2.17. The third-order valence-electron chi connectivity index (χ3n) is 2.92. The number of rotatable bonds is 8. The van der Waals surface area contributed by atoms with Crippen LogP contribution in [-0.2, 0) is 6.54 Å². The Balaban J connectivity index is 1.74. The van der Waals surface area contributed by atoms with E-state index in [1.165, 1.54) is 12.8 Å². The zero-order valence-corrected chi connectivity index (χ0v) is 11.4. The highest BCUT2D eigenvalue weighted by atomic mass is 16.5. The van der Waals surface area contributed by atoms with Gasteiger partial charge in [-0.25, -0.2) is 0 Å². The van der Waals surface area contributed by atoms with Crippen LogP contribution in [0.1, 0.15) is 31.9 Å². The van der Waals surface area contributed by atoms with E-state index in [1.807, 2.05) is 36.4 Å². The van der Waals surface area contributed by atoms with Crippen molar-refractivity contribution in [1.29, 1.82) is 0 Å². The maximum absolute atomic E-state index is 5.67. The Hall–Kier alpha value is -1.90. The van der Waals surface area contributed by atoms with Gasteiger partial charge in [0, 0.05) is 5.69 Å². The molecule has 0 radical (unpaired) electrons. The third-order valence-corrected chi connectivity index (χ3v) is 2.92. The second-order valence-corrected chi connectivity index (χ2v) is 4.51. The molecule has 2 rings (SSSR count). The van der Waals surface area contributed by atoms with Gasteiger partial charge in [0.1, 0.15) is 11.5 Å². The monoisotopic (exact) mass is 259 g/mol. The first-order chi connectivity index (χ1) is 9.38. The molecular weight excluding hydrogens is 238 g/mol. The minimum atomic E-state index is 0.698. The lowest BCUT2D eigenvalue weighted by molar-refractivity contribution is 0.306. The second kappa shape index (κ2) is 7.52. The molecule has 0 saturated heterocycles. The SMILES string of the molecule is CCCCCOc1ccc(NCc2ccco2)cc1. The number of hydrogen-bond acceptors (Lipinski definition) is 3. The maximum atomic E-state index is 5.67. The van der Waals surface area contributed by atoms with Crippen LogP contribution in [0, 0.1) is 0 Å². The Bertz CT molecular complexity index is 448. The summed E-state index contributed by atoms with van der Waals surface area (Å²) in [7, 11) is 0. The average Bonchev–Trinajstić information content (AvgIpc) is 2.96. The third kappa shape index (κ3) is 4.70. The van der Waals surface area contributed by atoms with E-state index >= 15 is 0 Å². The van der Waals surface area contributed by atoms with Gasteiger partial charge in [0.15, 0.2) is 0 Å². The van der Waals surface area contributed by atoms with Gasteiger partial charge in [0.2, 0.25) is 0 Å². The summed E-state index contributed by atoms with van der Waals surface area (Å²) in [6.45, 7) is 3.69. The molecule has 3 heteroatoms. The van der Waals surface area contributed by atoms with Crippen molar-refractivity contribution < 1.29 is 9.15 Å². The normalized spacial score (nSPS) is 10.4. The summed E-state index contributed by atoms with van der Waals surface area (Å²) in [5.41, 5.74) is 1.07. The van der Waals surface area contributed by atoms with Crippen molar-refractivity contribution in [3.05, 3.63) is 48.4 Å². The van der Waals surface area contributed by atoms with E-state index in [9.17, 15) is 0 Å². The fourth-order valence-electron chi connectivity index (χ4n) is 1.81. The molecule has 0 bridgehead atoms. The van der Waals surface area contributed by atoms with E-state index < -0.39 is 0 Å². The number of hydrogen-bond donors (Lipinski definition) is 1. The van der Waals surface area contributed by atoms with Crippen molar-refractivity contribution in [2.45, 2.75) is 32.7 Å². The van der Waals surface area contributed by atoms with Gasteiger partial charge in [-0.2, -0.15) is 0 Å². The van der Waals surface area contributed by atoms with E-state index in [1.54, 1.807) is 6.26 Å². The molecule has 1 aromatic heterocycles. The van der Waals surface area contributed by atoms with E-state index in [0.717, 1.165) is 30.2 Å². The van der Waals surface area contributed by atoms with Crippen LogP contribution >= 0.6 is 0 Å². The smallest absolute Gasteiger partial charge is 0.122 e. The van der Waals surface area contributed by atoms with Crippen LogP contribution in [-0.4, -0.2) is 6.61 Å². The Kier molecular flexibility index (Phi) is 5.35. The lowest BCUT2D eigenvalue weighted by Gasteiger charge is -2.08. The lowest BCUT2D eigenvalue weighted by atomic mass is 10.2. The van der Waals surface area contributed by atoms with E-state index in [2.05, 4.69) is 12.2 Å². The van der Waals surface area contributed by atoms with Gasteiger partial charge < -0.3 is 14.5 Å². The molecule has 1 heterocycles. The number of ether oxygens (including phenoxy) is 1. The summed E-state index contributed by atoms with van der Waals surface area (Å²) in [5, 5.41) is 3.30. The Labute approximate surface area is 114 Å². The molecule has 0 spiro atoms. The molecule has 0 unspecified atom stereocenters. The van der Waals surface area contributed by atoms with Crippen LogP contribution in [0.5, 0.6) is 5.75 Å². The molecule has 3 nitrogen and oxygen atoms in total. The van der Waals surface area contributed by atoms with Crippen molar-refractivity contribution in [2.24, 2.45) is 0 Å². The standard InChI is InChI=1S/C16H21NO2/c1-2-3-4-11-18-15-9-7-14(8-10-15)17-13-16-6-5-12-19-16/h5-10,12,17H,2-4,11,13H2,1H3. The highest BCUT2D eigenvalue weighted by Gasteiger charge is 1.97. The topological polar surface area (TPSA) is 34.4 Å². The van der Waals surface area contributed by atoms with E-state index in [-0.39, 0.29) is 0 Å². The molecule has 0 amide bonds.